The number of rotatable bonds is 2. The van der Waals surface area contributed by atoms with Crippen LogP contribution in [-0.2, 0) is 14.4 Å². The average molecular weight is 164 g/mol. The first-order valence-corrected chi connectivity index (χ1v) is 3.66. The first-order valence-electron chi connectivity index (χ1n) is 3.66. The van der Waals surface area contributed by atoms with Gasteiger partial charge in [0.1, 0.15) is 0 Å². The molecule has 0 saturated carbocycles. The minimum Gasteiger partial charge on any atom is -0.294 e. The van der Waals surface area contributed by atoms with Gasteiger partial charge in [-0.15, -0.1) is 0 Å². The standard InChI is InChI=1S/C9H8O3/c1-2-8(11)7-5-6(10)3-4-9(7)12/h3-5H,2H2,1H3. The fraction of sp³-hybridized carbons (Fsp3) is 0.222. The van der Waals surface area contributed by atoms with Crippen LogP contribution in [-0.4, -0.2) is 17.3 Å². The van der Waals surface area contributed by atoms with E-state index in [9.17, 15) is 14.4 Å². The molecule has 0 heterocycles. The molecule has 0 aliphatic heterocycles. The van der Waals surface area contributed by atoms with Crippen molar-refractivity contribution in [3.05, 3.63) is 23.8 Å². The zero-order valence-corrected chi connectivity index (χ0v) is 6.66. The number of carbonyl (C=O) groups is 3. The lowest BCUT2D eigenvalue weighted by Gasteiger charge is -2.02. The SMILES string of the molecule is CCC(=O)C1=CC(=O)C=CC1=O. The molecule has 0 radical (unpaired) electrons. The van der Waals surface area contributed by atoms with Crippen molar-refractivity contribution in [3.63, 3.8) is 0 Å². The first kappa shape index (κ1) is 8.59. The third kappa shape index (κ3) is 1.56. The molecule has 1 rings (SSSR count). The van der Waals surface area contributed by atoms with Gasteiger partial charge in [0.2, 0.25) is 0 Å². The number of hydrogen-bond donors (Lipinski definition) is 0. The molecule has 0 saturated heterocycles. The highest BCUT2D eigenvalue weighted by Crippen LogP contribution is 2.07. The average Bonchev–Trinajstić information content (AvgIpc) is 2.08. The summed E-state index contributed by atoms with van der Waals surface area (Å²) in [6.45, 7) is 1.65. The van der Waals surface area contributed by atoms with Crippen molar-refractivity contribution in [2.24, 2.45) is 0 Å². The van der Waals surface area contributed by atoms with Crippen LogP contribution in [0.15, 0.2) is 23.8 Å². The van der Waals surface area contributed by atoms with E-state index in [0.717, 1.165) is 18.2 Å². The van der Waals surface area contributed by atoms with E-state index in [-0.39, 0.29) is 29.3 Å². The Labute approximate surface area is 69.8 Å². The maximum Gasteiger partial charge on any atom is 0.189 e. The number of carbonyl (C=O) groups excluding carboxylic acids is 3. The molecule has 0 spiro atoms. The number of hydrogen-bond acceptors (Lipinski definition) is 3. The van der Waals surface area contributed by atoms with E-state index >= 15 is 0 Å². The van der Waals surface area contributed by atoms with Crippen molar-refractivity contribution in [2.75, 3.05) is 0 Å². The van der Waals surface area contributed by atoms with Crippen LogP contribution in [0, 0.1) is 0 Å². The van der Waals surface area contributed by atoms with E-state index in [1.807, 2.05) is 0 Å². The van der Waals surface area contributed by atoms with Crippen LogP contribution in [0.3, 0.4) is 0 Å². The first-order chi connectivity index (χ1) is 5.65. The van der Waals surface area contributed by atoms with Gasteiger partial charge in [0.05, 0.1) is 5.57 Å². The molecule has 0 fully saturated rings. The fourth-order valence-corrected chi connectivity index (χ4v) is 0.917. The van der Waals surface area contributed by atoms with Gasteiger partial charge in [-0.3, -0.25) is 14.4 Å². The van der Waals surface area contributed by atoms with Crippen LogP contribution in [0.5, 0.6) is 0 Å². The van der Waals surface area contributed by atoms with Gasteiger partial charge >= 0.3 is 0 Å². The van der Waals surface area contributed by atoms with E-state index in [2.05, 4.69) is 0 Å². The summed E-state index contributed by atoms with van der Waals surface area (Å²) in [4.78, 5) is 32.8. The molecule has 12 heavy (non-hydrogen) atoms. The molecular formula is C9H8O3. The minimum absolute atomic E-state index is 0.00463. The Hall–Kier alpha value is -1.51. The molecule has 1 aliphatic rings. The van der Waals surface area contributed by atoms with Gasteiger partial charge in [0, 0.05) is 12.5 Å². The predicted molar refractivity (Wildman–Crippen MR) is 42.5 cm³/mol. The predicted octanol–water partition coefficient (Wildman–Crippen LogP) is 0.600. The van der Waals surface area contributed by atoms with Gasteiger partial charge in [-0.1, -0.05) is 6.92 Å². The molecule has 1 aliphatic carbocycles. The number of Topliss-reactive ketones (excluding diaryl/α,β-unsaturated/α-hetero) is 1. The molecule has 0 aromatic rings. The summed E-state index contributed by atoms with van der Waals surface area (Å²) < 4.78 is 0. The summed E-state index contributed by atoms with van der Waals surface area (Å²) in [5, 5.41) is 0. The van der Waals surface area contributed by atoms with Crippen LogP contribution in [0.2, 0.25) is 0 Å². The lowest BCUT2D eigenvalue weighted by Crippen LogP contribution is -2.15. The van der Waals surface area contributed by atoms with Crippen molar-refractivity contribution in [2.45, 2.75) is 13.3 Å². The normalized spacial score (nSPS) is 16.2. The Morgan fingerprint density at radius 2 is 2.00 bits per heavy atom. The molecule has 3 heteroatoms. The zero-order valence-electron chi connectivity index (χ0n) is 6.66. The summed E-state index contributed by atoms with van der Waals surface area (Å²) in [6, 6.07) is 0. The van der Waals surface area contributed by atoms with Crippen molar-refractivity contribution >= 4 is 17.3 Å². The Morgan fingerprint density at radius 1 is 1.33 bits per heavy atom. The largest absolute Gasteiger partial charge is 0.294 e. The second kappa shape index (κ2) is 3.26. The summed E-state index contributed by atoms with van der Waals surface area (Å²) in [7, 11) is 0. The van der Waals surface area contributed by atoms with E-state index in [0.29, 0.717) is 0 Å². The highest BCUT2D eigenvalue weighted by Gasteiger charge is 2.18. The van der Waals surface area contributed by atoms with Crippen LogP contribution < -0.4 is 0 Å². The molecule has 0 bridgehead atoms. The highest BCUT2D eigenvalue weighted by atomic mass is 16.2. The van der Waals surface area contributed by atoms with Gasteiger partial charge in [-0.05, 0) is 12.2 Å². The Bertz CT molecular complexity index is 308. The molecule has 0 atom stereocenters. The van der Waals surface area contributed by atoms with Crippen LogP contribution in [0.25, 0.3) is 0 Å². The van der Waals surface area contributed by atoms with E-state index in [1.165, 1.54) is 0 Å². The molecule has 3 nitrogen and oxygen atoms in total. The third-order valence-electron chi connectivity index (χ3n) is 1.57. The summed E-state index contributed by atoms with van der Waals surface area (Å²) in [5.74, 6) is -0.953. The Morgan fingerprint density at radius 3 is 2.58 bits per heavy atom. The Kier molecular flexibility index (Phi) is 2.33. The third-order valence-corrected chi connectivity index (χ3v) is 1.57. The fourth-order valence-electron chi connectivity index (χ4n) is 0.917. The Balaban J connectivity index is 2.96. The molecule has 0 N–H and O–H groups in total. The molecule has 62 valence electrons. The van der Waals surface area contributed by atoms with Crippen molar-refractivity contribution < 1.29 is 14.4 Å². The van der Waals surface area contributed by atoms with E-state index < -0.39 is 0 Å². The monoisotopic (exact) mass is 164 g/mol. The second-order valence-corrected chi connectivity index (χ2v) is 2.43. The maximum absolute atomic E-state index is 11.0. The van der Waals surface area contributed by atoms with Gasteiger partial charge in [0.15, 0.2) is 17.3 Å². The van der Waals surface area contributed by atoms with Gasteiger partial charge in [-0.25, -0.2) is 0 Å². The maximum atomic E-state index is 11.0. The van der Waals surface area contributed by atoms with Crippen molar-refractivity contribution in [3.8, 4) is 0 Å². The summed E-state index contributed by atoms with van der Waals surface area (Å²) in [6.07, 6.45) is 3.63. The van der Waals surface area contributed by atoms with Crippen LogP contribution in [0.1, 0.15) is 13.3 Å². The van der Waals surface area contributed by atoms with Crippen molar-refractivity contribution in [1.29, 1.82) is 0 Å². The number of ketones is 3. The highest BCUT2D eigenvalue weighted by molar-refractivity contribution is 6.30. The quantitative estimate of drug-likeness (QED) is 0.443. The molecule has 0 unspecified atom stereocenters. The lowest BCUT2D eigenvalue weighted by atomic mass is 9.99. The minimum atomic E-state index is -0.374. The molecule has 0 aromatic heterocycles. The van der Waals surface area contributed by atoms with Crippen molar-refractivity contribution in [1.82, 2.24) is 0 Å². The molecule has 0 amide bonds. The zero-order chi connectivity index (χ0) is 9.14. The van der Waals surface area contributed by atoms with Gasteiger partial charge in [-0.2, -0.15) is 0 Å². The number of allylic oxidation sites excluding steroid dienone is 4. The topological polar surface area (TPSA) is 51.2 Å². The van der Waals surface area contributed by atoms with Crippen LogP contribution in [0.4, 0.5) is 0 Å². The smallest absolute Gasteiger partial charge is 0.189 e. The van der Waals surface area contributed by atoms with Gasteiger partial charge in [0.25, 0.3) is 0 Å². The second-order valence-electron chi connectivity index (χ2n) is 2.43. The van der Waals surface area contributed by atoms with E-state index in [1.54, 1.807) is 6.92 Å². The van der Waals surface area contributed by atoms with E-state index in [4.69, 9.17) is 0 Å². The van der Waals surface area contributed by atoms with Crippen LogP contribution >= 0.6 is 0 Å². The lowest BCUT2D eigenvalue weighted by molar-refractivity contribution is -0.120. The molecular weight excluding hydrogens is 156 g/mol. The van der Waals surface area contributed by atoms with Gasteiger partial charge < -0.3 is 0 Å². The molecule has 0 aromatic carbocycles. The summed E-state index contributed by atoms with van der Waals surface area (Å²) in [5.41, 5.74) is 0.00463. The summed E-state index contributed by atoms with van der Waals surface area (Å²) >= 11 is 0.